The summed E-state index contributed by atoms with van der Waals surface area (Å²) < 4.78 is 5.52. The van der Waals surface area contributed by atoms with Gasteiger partial charge < -0.3 is 4.74 Å². The molecule has 0 amide bonds. The van der Waals surface area contributed by atoms with Gasteiger partial charge in [0.15, 0.2) is 0 Å². The van der Waals surface area contributed by atoms with E-state index in [1.807, 2.05) is 0 Å². The molecule has 1 saturated carbocycles. The fraction of sp³-hybridized carbons (Fsp3) is 0.600. The minimum absolute atomic E-state index is 0.184. The Hall–Kier alpha value is -0.690. The van der Waals surface area contributed by atoms with Crippen molar-refractivity contribution in [3.63, 3.8) is 0 Å². The molecular weight excluding hydrogens is 232 g/mol. The first-order chi connectivity index (χ1) is 8.33. The van der Waals surface area contributed by atoms with Gasteiger partial charge in [-0.1, -0.05) is 37.8 Å². The zero-order chi connectivity index (χ0) is 11.7. The molecule has 1 heterocycles. The Kier molecular flexibility index (Phi) is 3.28. The lowest BCUT2D eigenvalue weighted by Gasteiger charge is -2.15. The highest BCUT2D eigenvalue weighted by molar-refractivity contribution is 6.20. The van der Waals surface area contributed by atoms with Gasteiger partial charge in [0.1, 0.15) is 5.75 Å². The Balaban J connectivity index is 1.70. The quantitative estimate of drug-likeness (QED) is 0.719. The van der Waals surface area contributed by atoms with Gasteiger partial charge in [0, 0.05) is 6.42 Å². The molecule has 17 heavy (non-hydrogen) atoms. The molecular formula is C15H19ClO. The van der Waals surface area contributed by atoms with Gasteiger partial charge in [-0.05, 0) is 29.5 Å². The third-order valence-corrected chi connectivity index (χ3v) is 4.52. The van der Waals surface area contributed by atoms with Gasteiger partial charge in [0.2, 0.25) is 0 Å². The third kappa shape index (κ3) is 2.44. The Labute approximate surface area is 108 Å². The predicted octanol–water partition coefficient (Wildman–Crippen LogP) is 4.48. The van der Waals surface area contributed by atoms with Crippen LogP contribution in [0.25, 0.3) is 0 Å². The van der Waals surface area contributed by atoms with E-state index in [4.69, 9.17) is 16.3 Å². The molecule has 0 N–H and O–H groups in total. The molecule has 1 fully saturated rings. The largest absolute Gasteiger partial charge is 0.493 e. The number of hydrogen-bond acceptors (Lipinski definition) is 1. The summed E-state index contributed by atoms with van der Waals surface area (Å²) in [4.78, 5) is 0. The second kappa shape index (κ2) is 4.89. The van der Waals surface area contributed by atoms with E-state index in [9.17, 15) is 0 Å². The molecule has 1 unspecified atom stereocenters. The summed E-state index contributed by atoms with van der Waals surface area (Å²) in [5.74, 6) is 1.90. The van der Waals surface area contributed by atoms with E-state index in [-0.39, 0.29) is 5.38 Å². The molecule has 1 aliphatic carbocycles. The molecule has 1 aliphatic heterocycles. The van der Waals surface area contributed by atoms with Crippen molar-refractivity contribution in [2.75, 3.05) is 6.61 Å². The molecule has 2 aliphatic rings. The van der Waals surface area contributed by atoms with Gasteiger partial charge in [-0.25, -0.2) is 0 Å². The standard InChI is InChI=1S/C15H19ClO/c16-14(9-11-3-1-2-4-11)12-5-6-15-13(10-12)7-8-17-15/h5-6,10-11,14H,1-4,7-9H2. The number of fused-ring (bicyclic) bond motifs is 1. The van der Waals surface area contributed by atoms with Crippen LogP contribution in [0.1, 0.15) is 48.6 Å². The topological polar surface area (TPSA) is 9.23 Å². The first kappa shape index (κ1) is 11.4. The molecule has 0 radical (unpaired) electrons. The molecule has 0 saturated heterocycles. The third-order valence-electron chi connectivity index (χ3n) is 4.09. The van der Waals surface area contributed by atoms with Crippen LogP contribution in [0.5, 0.6) is 5.75 Å². The summed E-state index contributed by atoms with van der Waals surface area (Å²) in [6.07, 6.45) is 7.71. The maximum atomic E-state index is 6.55. The molecule has 1 atom stereocenters. The average molecular weight is 251 g/mol. The van der Waals surface area contributed by atoms with Gasteiger partial charge in [-0.2, -0.15) is 0 Å². The van der Waals surface area contributed by atoms with Gasteiger partial charge >= 0.3 is 0 Å². The van der Waals surface area contributed by atoms with Crippen molar-refractivity contribution in [1.82, 2.24) is 0 Å². The van der Waals surface area contributed by atoms with E-state index >= 15 is 0 Å². The summed E-state index contributed by atoms with van der Waals surface area (Å²) in [6, 6.07) is 6.47. The fourth-order valence-corrected chi connectivity index (χ4v) is 3.46. The van der Waals surface area contributed by atoms with E-state index in [2.05, 4.69) is 18.2 Å². The second-order valence-corrected chi connectivity index (χ2v) is 5.85. The monoisotopic (exact) mass is 250 g/mol. The lowest BCUT2D eigenvalue weighted by Crippen LogP contribution is -2.00. The van der Waals surface area contributed by atoms with E-state index in [0.29, 0.717) is 0 Å². The summed E-state index contributed by atoms with van der Waals surface area (Å²) in [7, 11) is 0. The first-order valence-corrected chi connectivity index (χ1v) is 7.16. The zero-order valence-electron chi connectivity index (χ0n) is 10.1. The van der Waals surface area contributed by atoms with Crippen LogP contribution in [0, 0.1) is 5.92 Å². The van der Waals surface area contributed by atoms with Crippen molar-refractivity contribution >= 4 is 11.6 Å². The molecule has 1 nitrogen and oxygen atoms in total. The minimum Gasteiger partial charge on any atom is -0.493 e. The maximum absolute atomic E-state index is 6.55. The van der Waals surface area contributed by atoms with Crippen LogP contribution in [0.2, 0.25) is 0 Å². The highest BCUT2D eigenvalue weighted by Gasteiger charge is 2.21. The number of rotatable bonds is 3. The fourth-order valence-electron chi connectivity index (χ4n) is 3.08. The van der Waals surface area contributed by atoms with Crippen LogP contribution < -0.4 is 4.74 Å². The van der Waals surface area contributed by atoms with Crippen molar-refractivity contribution in [3.8, 4) is 5.75 Å². The zero-order valence-corrected chi connectivity index (χ0v) is 10.9. The van der Waals surface area contributed by atoms with Crippen molar-refractivity contribution in [3.05, 3.63) is 29.3 Å². The van der Waals surface area contributed by atoms with Crippen LogP contribution in [-0.4, -0.2) is 6.61 Å². The summed E-state index contributed by atoms with van der Waals surface area (Å²) in [5.41, 5.74) is 2.61. The highest BCUT2D eigenvalue weighted by Crippen LogP contribution is 2.38. The molecule has 0 spiro atoms. The molecule has 2 heteroatoms. The van der Waals surface area contributed by atoms with E-state index in [0.717, 1.165) is 31.1 Å². The summed E-state index contributed by atoms with van der Waals surface area (Å²) in [5, 5.41) is 0.184. The number of ether oxygens (including phenoxy) is 1. The van der Waals surface area contributed by atoms with E-state index in [1.165, 1.54) is 36.8 Å². The van der Waals surface area contributed by atoms with Crippen molar-refractivity contribution in [2.45, 2.75) is 43.9 Å². The van der Waals surface area contributed by atoms with Crippen LogP contribution in [0.15, 0.2) is 18.2 Å². The van der Waals surface area contributed by atoms with Crippen molar-refractivity contribution < 1.29 is 4.74 Å². The SMILES string of the molecule is ClC(CC1CCCC1)c1ccc2c(c1)CCO2. The van der Waals surface area contributed by atoms with Crippen LogP contribution in [0.4, 0.5) is 0 Å². The van der Waals surface area contributed by atoms with Gasteiger partial charge in [-0.3, -0.25) is 0 Å². The number of alkyl halides is 1. The average Bonchev–Trinajstić information content (AvgIpc) is 2.97. The second-order valence-electron chi connectivity index (χ2n) is 5.32. The Morgan fingerprint density at radius 2 is 2.12 bits per heavy atom. The lowest BCUT2D eigenvalue weighted by atomic mass is 9.96. The smallest absolute Gasteiger partial charge is 0.122 e. The van der Waals surface area contributed by atoms with E-state index in [1.54, 1.807) is 0 Å². The predicted molar refractivity (Wildman–Crippen MR) is 70.8 cm³/mol. The Morgan fingerprint density at radius 1 is 1.29 bits per heavy atom. The highest BCUT2D eigenvalue weighted by atomic mass is 35.5. The first-order valence-electron chi connectivity index (χ1n) is 6.72. The maximum Gasteiger partial charge on any atom is 0.122 e. The van der Waals surface area contributed by atoms with Crippen LogP contribution in [0.3, 0.4) is 0 Å². The molecule has 0 bridgehead atoms. The number of benzene rings is 1. The lowest BCUT2D eigenvalue weighted by molar-refractivity contribution is 0.357. The van der Waals surface area contributed by atoms with Crippen LogP contribution >= 0.6 is 11.6 Å². The van der Waals surface area contributed by atoms with Crippen LogP contribution in [-0.2, 0) is 6.42 Å². The van der Waals surface area contributed by atoms with Crippen molar-refractivity contribution in [1.29, 1.82) is 0 Å². The number of hydrogen-bond donors (Lipinski definition) is 0. The summed E-state index contributed by atoms with van der Waals surface area (Å²) in [6.45, 7) is 0.828. The molecule has 1 aromatic carbocycles. The summed E-state index contributed by atoms with van der Waals surface area (Å²) >= 11 is 6.55. The van der Waals surface area contributed by atoms with E-state index < -0.39 is 0 Å². The Morgan fingerprint density at radius 3 is 2.94 bits per heavy atom. The Bertz CT molecular complexity index is 396. The molecule has 0 aromatic heterocycles. The van der Waals surface area contributed by atoms with Gasteiger partial charge in [0.05, 0.1) is 12.0 Å². The van der Waals surface area contributed by atoms with Crippen molar-refractivity contribution in [2.24, 2.45) is 5.92 Å². The normalized spacial score (nSPS) is 21.2. The molecule has 3 rings (SSSR count). The molecule has 92 valence electrons. The minimum atomic E-state index is 0.184. The van der Waals surface area contributed by atoms with Gasteiger partial charge in [0.25, 0.3) is 0 Å². The van der Waals surface area contributed by atoms with Gasteiger partial charge in [-0.15, -0.1) is 11.6 Å². The number of halogens is 1. The molecule has 1 aromatic rings.